The molecule has 0 saturated carbocycles. The monoisotopic (exact) mass is 760 g/mol. The molecule has 0 fully saturated rings. The fraction of sp³-hybridized carbons (Fsp3) is 0.302. The second-order valence-electron chi connectivity index (χ2n) is 14.4. The molecule has 6 aromatic rings. The Morgan fingerprint density at radius 3 is 1.90 bits per heavy atom. The molecule has 2 amide bonds. The summed E-state index contributed by atoms with van der Waals surface area (Å²) in [6, 6.07) is 30.3. The Kier molecular flexibility index (Phi) is 10.1. The van der Waals surface area contributed by atoms with E-state index in [2.05, 4.69) is 62.3 Å². The average Bonchev–Trinajstić information content (AvgIpc) is 3.51. The minimum Gasteiger partial charge on any atom is -0.496 e. The highest BCUT2D eigenvalue weighted by molar-refractivity contribution is 9.10. The molecule has 8 rings (SSSR count). The number of amides is 2. The minimum absolute atomic E-state index is 0.106. The fourth-order valence-electron chi connectivity index (χ4n) is 7.45. The lowest BCUT2D eigenvalue weighted by molar-refractivity contribution is 0.0258. The van der Waals surface area contributed by atoms with Crippen LogP contribution in [-0.4, -0.2) is 70.7 Å². The molecule has 4 aromatic carbocycles. The number of benzene rings is 4. The third kappa shape index (κ3) is 7.33. The van der Waals surface area contributed by atoms with Gasteiger partial charge in [-0.25, -0.2) is 4.79 Å². The standard InChI is InChI=1S/C26H24N2O2.C17H21BrN2O2/c1-30-24-13-6-5-10-19(24)20-11-7-12-23-25(20)21-14-16-28(17-15-22(21)27-23)26(29)18-8-3-2-4-9-18;1-17(2,3)22-16(21)20-9-7-11-13(8-10-20)19-14-6-4-5-12(18)15(11)14/h2-13,27H,14-17H2,1H3;4-6,19H,7-10H2,1-3H3. The molecule has 2 aromatic heterocycles. The minimum atomic E-state index is -0.451. The van der Waals surface area contributed by atoms with Crippen LogP contribution in [0.5, 0.6) is 5.75 Å². The molecule has 0 aliphatic carbocycles. The van der Waals surface area contributed by atoms with Crippen LogP contribution >= 0.6 is 15.9 Å². The molecular formula is C43H45BrN4O4. The average molecular weight is 762 g/mol. The number of H-pyrrole nitrogens is 2. The SMILES string of the molecule is CC(C)(C)OC(=O)N1CCc2[nH]c3cccc(Br)c3c2CC1.COc1ccccc1-c1cccc2[nH]c3c(c12)CCN(C(=O)c1ccccc1)CC3. The predicted octanol–water partition coefficient (Wildman–Crippen LogP) is 9.35. The van der Waals surface area contributed by atoms with E-state index in [-0.39, 0.29) is 12.0 Å². The molecule has 0 unspecified atom stereocenters. The van der Waals surface area contributed by atoms with Crippen molar-refractivity contribution in [3.05, 3.63) is 124 Å². The van der Waals surface area contributed by atoms with Gasteiger partial charge in [0.2, 0.25) is 0 Å². The maximum absolute atomic E-state index is 13.0. The van der Waals surface area contributed by atoms with E-state index in [4.69, 9.17) is 9.47 Å². The van der Waals surface area contributed by atoms with Gasteiger partial charge >= 0.3 is 6.09 Å². The molecule has 0 saturated heterocycles. The van der Waals surface area contributed by atoms with Crippen LogP contribution in [0.3, 0.4) is 0 Å². The van der Waals surface area contributed by atoms with Crippen LogP contribution in [0, 0.1) is 0 Å². The maximum atomic E-state index is 13.0. The fourth-order valence-corrected chi connectivity index (χ4v) is 8.06. The highest BCUT2D eigenvalue weighted by atomic mass is 79.9. The molecule has 52 heavy (non-hydrogen) atoms. The predicted molar refractivity (Wildman–Crippen MR) is 211 cm³/mol. The number of halogens is 1. The molecule has 2 aliphatic rings. The summed E-state index contributed by atoms with van der Waals surface area (Å²) in [5.41, 5.74) is 9.96. The first-order valence-corrected chi connectivity index (χ1v) is 18.8. The topological polar surface area (TPSA) is 90.7 Å². The van der Waals surface area contributed by atoms with Crippen molar-refractivity contribution in [3.8, 4) is 16.9 Å². The summed E-state index contributed by atoms with van der Waals surface area (Å²) in [4.78, 5) is 36.1. The molecule has 268 valence electrons. The van der Waals surface area contributed by atoms with Gasteiger partial charge in [0.15, 0.2) is 0 Å². The number of aromatic amines is 2. The second-order valence-corrected chi connectivity index (χ2v) is 15.2. The molecule has 2 aliphatic heterocycles. The van der Waals surface area contributed by atoms with Gasteiger partial charge in [0.25, 0.3) is 5.91 Å². The van der Waals surface area contributed by atoms with Gasteiger partial charge in [-0.2, -0.15) is 0 Å². The third-order valence-electron chi connectivity index (χ3n) is 9.86. The highest BCUT2D eigenvalue weighted by Gasteiger charge is 2.27. The smallest absolute Gasteiger partial charge is 0.410 e. The number of fused-ring (bicyclic) bond motifs is 6. The quantitative estimate of drug-likeness (QED) is 0.188. The van der Waals surface area contributed by atoms with Crippen LogP contribution in [0.2, 0.25) is 0 Å². The molecule has 9 heteroatoms. The van der Waals surface area contributed by atoms with E-state index >= 15 is 0 Å². The molecule has 8 nitrogen and oxygen atoms in total. The van der Waals surface area contributed by atoms with Crippen LogP contribution in [0.25, 0.3) is 32.9 Å². The Bertz CT molecular complexity index is 2230. The number of hydrogen-bond donors (Lipinski definition) is 2. The number of carbonyl (C=O) groups is 2. The summed E-state index contributed by atoms with van der Waals surface area (Å²) in [7, 11) is 1.71. The van der Waals surface area contributed by atoms with E-state index < -0.39 is 5.60 Å². The number of rotatable bonds is 3. The number of hydrogen-bond acceptors (Lipinski definition) is 4. The van der Waals surface area contributed by atoms with Gasteiger partial charge in [-0.15, -0.1) is 0 Å². The number of nitrogens with one attached hydrogen (secondary N) is 2. The summed E-state index contributed by atoms with van der Waals surface area (Å²) in [5.74, 6) is 0.976. The van der Waals surface area contributed by atoms with Gasteiger partial charge in [-0.05, 0) is 86.7 Å². The van der Waals surface area contributed by atoms with Crippen molar-refractivity contribution in [2.45, 2.75) is 52.1 Å². The molecule has 0 radical (unpaired) electrons. The molecular weight excluding hydrogens is 716 g/mol. The van der Waals surface area contributed by atoms with Gasteiger partial charge in [0, 0.05) is 87.8 Å². The van der Waals surface area contributed by atoms with Crippen molar-refractivity contribution in [2.75, 3.05) is 33.3 Å². The van der Waals surface area contributed by atoms with E-state index in [1.165, 1.54) is 38.9 Å². The van der Waals surface area contributed by atoms with Crippen LogP contribution in [0.4, 0.5) is 4.79 Å². The molecule has 4 heterocycles. The van der Waals surface area contributed by atoms with Crippen LogP contribution in [0.15, 0.2) is 95.5 Å². The Labute approximate surface area is 313 Å². The van der Waals surface area contributed by atoms with Gasteiger partial charge in [-0.3, -0.25) is 4.79 Å². The van der Waals surface area contributed by atoms with Crippen molar-refractivity contribution in [2.24, 2.45) is 0 Å². The van der Waals surface area contributed by atoms with Gasteiger partial charge < -0.3 is 29.2 Å². The zero-order valence-electron chi connectivity index (χ0n) is 30.2. The van der Waals surface area contributed by atoms with Gasteiger partial charge in [0.1, 0.15) is 11.4 Å². The van der Waals surface area contributed by atoms with Gasteiger partial charge in [0.05, 0.1) is 7.11 Å². The summed E-state index contributed by atoms with van der Waals surface area (Å²) >= 11 is 3.64. The van der Waals surface area contributed by atoms with Crippen molar-refractivity contribution in [1.82, 2.24) is 19.8 Å². The molecule has 0 spiro atoms. The van der Waals surface area contributed by atoms with Crippen LogP contribution in [-0.2, 0) is 30.4 Å². The number of methoxy groups -OCH3 is 1. The van der Waals surface area contributed by atoms with E-state index in [1.54, 1.807) is 7.11 Å². The van der Waals surface area contributed by atoms with E-state index in [0.29, 0.717) is 19.6 Å². The zero-order chi connectivity index (χ0) is 36.4. The molecule has 0 atom stereocenters. The van der Waals surface area contributed by atoms with Crippen molar-refractivity contribution < 1.29 is 19.1 Å². The Morgan fingerprint density at radius 1 is 0.654 bits per heavy atom. The molecule has 2 N–H and O–H groups in total. The summed E-state index contributed by atoms with van der Waals surface area (Å²) in [6.07, 6.45) is 3.11. The van der Waals surface area contributed by atoms with Crippen molar-refractivity contribution in [1.29, 1.82) is 0 Å². The van der Waals surface area contributed by atoms with Crippen LogP contribution in [0.1, 0.15) is 53.6 Å². The Hall–Kier alpha value is -5.02. The maximum Gasteiger partial charge on any atom is 0.410 e. The van der Waals surface area contributed by atoms with E-state index in [0.717, 1.165) is 64.6 Å². The summed E-state index contributed by atoms with van der Waals surface area (Å²) < 4.78 is 12.2. The highest BCUT2D eigenvalue weighted by Crippen LogP contribution is 2.38. The van der Waals surface area contributed by atoms with E-state index in [9.17, 15) is 9.59 Å². The Morgan fingerprint density at radius 2 is 1.21 bits per heavy atom. The first-order chi connectivity index (χ1) is 25.1. The number of carbonyl (C=O) groups excluding carboxylic acids is 2. The normalized spacial score (nSPS) is 14.5. The lowest BCUT2D eigenvalue weighted by Gasteiger charge is -2.26. The first kappa shape index (κ1) is 35.4. The van der Waals surface area contributed by atoms with Crippen LogP contribution < -0.4 is 4.74 Å². The second kappa shape index (κ2) is 14.9. The molecule has 0 bridgehead atoms. The van der Waals surface area contributed by atoms with Gasteiger partial charge in [-0.1, -0.05) is 70.5 Å². The number of aromatic nitrogens is 2. The first-order valence-electron chi connectivity index (χ1n) is 18.0. The van der Waals surface area contributed by atoms with Crippen molar-refractivity contribution in [3.63, 3.8) is 0 Å². The summed E-state index contributed by atoms with van der Waals surface area (Å²) in [5, 5.41) is 2.48. The lowest BCUT2D eigenvalue weighted by atomic mass is 9.96. The third-order valence-corrected chi connectivity index (χ3v) is 10.5. The number of nitrogens with zero attached hydrogens (tertiary/aromatic N) is 2. The summed E-state index contributed by atoms with van der Waals surface area (Å²) in [6.45, 7) is 8.51. The number of para-hydroxylation sites is 1. The number of ether oxygens (including phenoxy) is 2. The zero-order valence-corrected chi connectivity index (χ0v) is 31.8. The van der Waals surface area contributed by atoms with E-state index in [1.807, 2.05) is 85.2 Å². The lowest BCUT2D eigenvalue weighted by Crippen LogP contribution is -2.38. The Balaban J connectivity index is 0.000000170. The largest absolute Gasteiger partial charge is 0.496 e. The van der Waals surface area contributed by atoms with Crippen molar-refractivity contribution >= 4 is 49.7 Å².